The molecule has 0 spiro atoms. The number of halogens is 1. The normalized spacial score (nSPS) is 11.5. The van der Waals surface area contributed by atoms with Crippen molar-refractivity contribution in [1.82, 2.24) is 15.0 Å². The van der Waals surface area contributed by atoms with Gasteiger partial charge in [0.1, 0.15) is 16.7 Å². The summed E-state index contributed by atoms with van der Waals surface area (Å²) >= 11 is 6.07. The van der Waals surface area contributed by atoms with Crippen LogP contribution < -0.4 is 4.89 Å². The first-order valence-corrected chi connectivity index (χ1v) is 10.3. The van der Waals surface area contributed by atoms with Gasteiger partial charge in [-0.2, -0.15) is 0 Å². The minimum absolute atomic E-state index is 0.284. The van der Waals surface area contributed by atoms with Crippen LogP contribution in [0.15, 0.2) is 42.5 Å². The molecule has 0 aliphatic heterocycles. The van der Waals surface area contributed by atoms with Crippen LogP contribution in [0, 0.1) is 0 Å². The van der Waals surface area contributed by atoms with E-state index in [4.69, 9.17) is 21.2 Å². The highest BCUT2D eigenvalue weighted by molar-refractivity contribution is 6.31. The standard InChI is InChI=1S/C23H26ClN3O4/c1-14(2)22(28)30-10-6-7-15-11-17(23(3,4)5)21(31-29)20(12-15)27-25-18-9-8-16(24)13-19(18)26-27/h8-9,11-13,29H,1,6-7,10H2,2-5H3. The molecule has 0 unspecified atom stereocenters. The van der Waals surface area contributed by atoms with Gasteiger partial charge in [-0.15, -0.1) is 15.0 Å². The number of fused-ring (bicyclic) bond motifs is 1. The lowest BCUT2D eigenvalue weighted by molar-refractivity contribution is -0.139. The van der Waals surface area contributed by atoms with Gasteiger partial charge in [0.25, 0.3) is 0 Å². The van der Waals surface area contributed by atoms with Gasteiger partial charge in [0, 0.05) is 16.2 Å². The molecule has 0 radical (unpaired) electrons. The molecule has 1 heterocycles. The van der Waals surface area contributed by atoms with Crippen molar-refractivity contribution in [2.75, 3.05) is 6.61 Å². The molecule has 1 aromatic heterocycles. The minimum atomic E-state index is -0.397. The predicted octanol–water partition coefficient (Wildman–Crippen LogP) is 5.28. The van der Waals surface area contributed by atoms with Crippen molar-refractivity contribution in [3.05, 3.63) is 58.6 Å². The molecule has 3 rings (SSSR count). The van der Waals surface area contributed by atoms with Crippen LogP contribution in [-0.2, 0) is 21.4 Å². The summed E-state index contributed by atoms with van der Waals surface area (Å²) in [6.45, 7) is 11.6. The van der Waals surface area contributed by atoms with Crippen LogP contribution in [0.5, 0.6) is 5.75 Å². The first kappa shape index (κ1) is 22.8. The van der Waals surface area contributed by atoms with Gasteiger partial charge in [0.15, 0.2) is 5.75 Å². The van der Waals surface area contributed by atoms with Crippen molar-refractivity contribution in [3.63, 3.8) is 0 Å². The summed E-state index contributed by atoms with van der Waals surface area (Å²) in [5.41, 5.74) is 3.65. The van der Waals surface area contributed by atoms with E-state index in [2.05, 4.69) is 16.8 Å². The number of carbonyl (C=O) groups is 1. The summed E-state index contributed by atoms with van der Waals surface area (Å²) in [6.07, 6.45) is 1.28. The SMILES string of the molecule is C=C(C)C(=O)OCCCc1cc(-n2nc3ccc(Cl)cc3n2)c(OO)c(C(C)(C)C)c1. The van der Waals surface area contributed by atoms with Crippen molar-refractivity contribution >= 4 is 28.6 Å². The molecule has 7 nitrogen and oxygen atoms in total. The Morgan fingerprint density at radius 2 is 1.90 bits per heavy atom. The van der Waals surface area contributed by atoms with Crippen molar-refractivity contribution in [3.8, 4) is 11.4 Å². The van der Waals surface area contributed by atoms with E-state index < -0.39 is 5.97 Å². The fraction of sp³-hybridized carbons (Fsp3) is 0.348. The number of nitrogens with zero attached hydrogens (tertiary/aromatic N) is 3. The first-order valence-electron chi connectivity index (χ1n) is 9.94. The van der Waals surface area contributed by atoms with E-state index in [0.717, 1.165) is 11.1 Å². The molecule has 0 saturated carbocycles. The molecule has 0 aliphatic rings. The second kappa shape index (κ2) is 9.08. The number of esters is 1. The Labute approximate surface area is 186 Å². The maximum absolute atomic E-state index is 11.6. The Morgan fingerprint density at radius 3 is 2.55 bits per heavy atom. The lowest BCUT2D eigenvalue weighted by atomic mass is 9.84. The van der Waals surface area contributed by atoms with Crippen LogP contribution in [0.2, 0.25) is 5.02 Å². The molecule has 31 heavy (non-hydrogen) atoms. The summed E-state index contributed by atoms with van der Waals surface area (Å²) in [7, 11) is 0. The first-order chi connectivity index (χ1) is 14.6. The third-order valence-corrected chi connectivity index (χ3v) is 5.01. The maximum atomic E-state index is 11.6. The van der Waals surface area contributed by atoms with E-state index in [9.17, 15) is 10.1 Å². The van der Waals surface area contributed by atoms with E-state index in [-0.39, 0.29) is 17.8 Å². The van der Waals surface area contributed by atoms with Gasteiger partial charge < -0.3 is 9.62 Å². The van der Waals surface area contributed by atoms with E-state index >= 15 is 0 Å². The van der Waals surface area contributed by atoms with Crippen LogP contribution in [0.1, 0.15) is 45.2 Å². The highest BCUT2D eigenvalue weighted by Crippen LogP contribution is 2.37. The van der Waals surface area contributed by atoms with Gasteiger partial charge >= 0.3 is 5.97 Å². The zero-order valence-corrected chi connectivity index (χ0v) is 18.9. The monoisotopic (exact) mass is 443 g/mol. The van der Waals surface area contributed by atoms with E-state index in [1.54, 1.807) is 25.1 Å². The van der Waals surface area contributed by atoms with Crippen molar-refractivity contribution < 1.29 is 19.7 Å². The molecule has 0 aliphatic carbocycles. The number of ether oxygens (including phenoxy) is 1. The third-order valence-electron chi connectivity index (χ3n) is 4.78. The van der Waals surface area contributed by atoms with Gasteiger partial charge in [-0.3, -0.25) is 0 Å². The topological polar surface area (TPSA) is 86.5 Å². The van der Waals surface area contributed by atoms with Gasteiger partial charge in [-0.25, -0.2) is 10.1 Å². The molecule has 0 fully saturated rings. The molecule has 164 valence electrons. The van der Waals surface area contributed by atoms with Crippen LogP contribution in [-0.4, -0.2) is 32.8 Å². The Kier molecular flexibility index (Phi) is 6.67. The Hall–Kier alpha value is -2.90. The zero-order chi connectivity index (χ0) is 22.8. The molecule has 3 aromatic rings. The summed E-state index contributed by atoms with van der Waals surface area (Å²) in [6, 6.07) is 9.10. The Balaban J connectivity index is 1.99. The van der Waals surface area contributed by atoms with Crippen molar-refractivity contribution in [1.29, 1.82) is 0 Å². The number of aryl methyl sites for hydroxylation is 1. The molecule has 0 bridgehead atoms. The summed E-state index contributed by atoms with van der Waals surface area (Å²) in [4.78, 5) is 17.8. The molecule has 2 aromatic carbocycles. The van der Waals surface area contributed by atoms with Gasteiger partial charge in [-0.05, 0) is 55.0 Å². The second-order valence-corrected chi connectivity index (χ2v) is 8.91. The van der Waals surface area contributed by atoms with Crippen LogP contribution >= 0.6 is 11.6 Å². The van der Waals surface area contributed by atoms with E-state index in [1.165, 1.54) is 4.80 Å². The fourth-order valence-electron chi connectivity index (χ4n) is 3.18. The molecule has 0 atom stereocenters. The average Bonchev–Trinajstić information content (AvgIpc) is 3.12. The summed E-state index contributed by atoms with van der Waals surface area (Å²) < 4.78 is 5.19. The van der Waals surface area contributed by atoms with Gasteiger partial charge in [0.2, 0.25) is 0 Å². The zero-order valence-electron chi connectivity index (χ0n) is 18.1. The highest BCUT2D eigenvalue weighted by atomic mass is 35.5. The van der Waals surface area contributed by atoms with Crippen molar-refractivity contribution in [2.24, 2.45) is 0 Å². The van der Waals surface area contributed by atoms with Crippen LogP contribution in [0.3, 0.4) is 0 Å². The molecule has 0 saturated heterocycles. The van der Waals surface area contributed by atoms with Gasteiger partial charge in [0.05, 0.1) is 6.61 Å². The minimum Gasteiger partial charge on any atom is -0.462 e. The smallest absolute Gasteiger partial charge is 0.333 e. The third kappa shape index (κ3) is 5.24. The second-order valence-electron chi connectivity index (χ2n) is 8.48. The van der Waals surface area contributed by atoms with E-state index in [1.807, 2.05) is 32.9 Å². The summed E-state index contributed by atoms with van der Waals surface area (Å²) in [5, 5.41) is 19.3. The highest BCUT2D eigenvalue weighted by Gasteiger charge is 2.25. The van der Waals surface area contributed by atoms with Crippen LogP contribution in [0.25, 0.3) is 16.7 Å². The number of aromatic nitrogens is 3. The molecule has 0 amide bonds. The molecule has 8 heteroatoms. The summed E-state index contributed by atoms with van der Waals surface area (Å²) in [5.74, 6) is -0.109. The Bertz CT molecular complexity index is 1130. The van der Waals surface area contributed by atoms with Crippen molar-refractivity contribution in [2.45, 2.75) is 46.0 Å². The largest absolute Gasteiger partial charge is 0.462 e. The molecular weight excluding hydrogens is 418 g/mol. The molecule has 1 N–H and O–H groups in total. The number of hydrogen-bond donors (Lipinski definition) is 1. The number of hydrogen-bond acceptors (Lipinski definition) is 6. The Morgan fingerprint density at radius 1 is 1.19 bits per heavy atom. The lowest BCUT2D eigenvalue weighted by Gasteiger charge is -2.23. The number of benzene rings is 2. The quantitative estimate of drug-likeness (QED) is 0.176. The lowest BCUT2D eigenvalue weighted by Crippen LogP contribution is -2.16. The average molecular weight is 444 g/mol. The maximum Gasteiger partial charge on any atom is 0.333 e. The fourth-order valence-corrected chi connectivity index (χ4v) is 3.34. The van der Waals surface area contributed by atoms with E-state index in [0.29, 0.717) is 40.2 Å². The number of rotatable bonds is 7. The predicted molar refractivity (Wildman–Crippen MR) is 120 cm³/mol. The van der Waals surface area contributed by atoms with Gasteiger partial charge in [-0.1, -0.05) is 45.0 Å². The molecular formula is C23H26ClN3O4. The van der Waals surface area contributed by atoms with Crippen LogP contribution in [0.4, 0.5) is 0 Å². The number of carbonyl (C=O) groups excluding carboxylic acids is 1.